The molecule has 3 aromatic carbocycles. The lowest BCUT2D eigenvalue weighted by Crippen LogP contribution is -2.28. The zero-order chi connectivity index (χ0) is 22.3. The van der Waals surface area contributed by atoms with Crippen molar-refractivity contribution in [2.45, 2.75) is 19.1 Å². The first-order valence-corrected chi connectivity index (χ1v) is 10.4. The fourth-order valence-corrected chi connectivity index (χ4v) is 3.49. The number of imidazole rings is 1. The first-order valence-electron chi connectivity index (χ1n) is 10.4. The molecule has 4 rings (SSSR count). The third-order valence-corrected chi connectivity index (χ3v) is 5.05. The van der Waals surface area contributed by atoms with E-state index in [0.717, 1.165) is 16.9 Å². The van der Waals surface area contributed by atoms with Gasteiger partial charge in [0.25, 0.3) is 5.91 Å². The number of nitrogens with one attached hydrogen (secondary N) is 1. The van der Waals surface area contributed by atoms with Crippen LogP contribution in [-0.2, 0) is 13.0 Å². The zero-order valence-corrected chi connectivity index (χ0v) is 17.4. The van der Waals surface area contributed by atoms with E-state index >= 15 is 0 Å². The number of carbonyl (C=O) groups excluding carboxylic acids is 1. The lowest BCUT2D eigenvalue weighted by Gasteiger charge is -2.16. The lowest BCUT2D eigenvalue weighted by molar-refractivity contribution is 0.0922. The molecule has 0 aliphatic carbocycles. The number of nitrogens with zero attached hydrogens (tertiary/aromatic N) is 2. The predicted octanol–water partition coefficient (Wildman–Crippen LogP) is 3.59. The van der Waals surface area contributed by atoms with Gasteiger partial charge in [0.2, 0.25) is 0 Å². The van der Waals surface area contributed by atoms with Crippen LogP contribution < -0.4 is 10.1 Å². The summed E-state index contributed by atoms with van der Waals surface area (Å²) in [5.41, 5.74) is 2.33. The van der Waals surface area contributed by atoms with Crippen molar-refractivity contribution in [3.05, 3.63) is 96.1 Å². The van der Waals surface area contributed by atoms with Crippen LogP contribution in [0.25, 0.3) is 11.0 Å². The van der Waals surface area contributed by atoms with Crippen molar-refractivity contribution in [1.29, 1.82) is 0 Å². The summed E-state index contributed by atoms with van der Waals surface area (Å²) in [5.74, 6) is 0.776. The molecule has 0 fully saturated rings. The molecule has 1 aromatic heterocycles. The minimum atomic E-state index is -0.796. The Balaban J connectivity index is 1.41. The van der Waals surface area contributed by atoms with Gasteiger partial charge in [-0.1, -0.05) is 30.3 Å². The van der Waals surface area contributed by atoms with E-state index in [4.69, 9.17) is 4.74 Å². The number of rotatable bonds is 9. The van der Waals surface area contributed by atoms with Gasteiger partial charge in [0.1, 0.15) is 30.1 Å². The predicted molar refractivity (Wildman–Crippen MR) is 120 cm³/mol. The number of aliphatic hydroxyl groups excluding tert-OH is 1. The number of ether oxygens (including phenoxy) is 1. The monoisotopic (exact) mass is 433 g/mol. The Morgan fingerprint density at radius 1 is 1.03 bits per heavy atom. The zero-order valence-electron chi connectivity index (χ0n) is 17.4. The number of hydrogen-bond acceptors (Lipinski definition) is 4. The molecule has 0 saturated heterocycles. The van der Waals surface area contributed by atoms with Crippen molar-refractivity contribution in [1.82, 2.24) is 14.9 Å². The van der Waals surface area contributed by atoms with Gasteiger partial charge in [-0.15, -0.1) is 0 Å². The Bertz CT molecular complexity index is 1180. The largest absolute Gasteiger partial charge is 0.491 e. The minimum Gasteiger partial charge on any atom is -0.491 e. The highest BCUT2D eigenvalue weighted by Crippen LogP contribution is 2.18. The number of amides is 1. The highest BCUT2D eigenvalue weighted by Gasteiger charge is 2.15. The van der Waals surface area contributed by atoms with Crippen molar-refractivity contribution in [3.63, 3.8) is 0 Å². The Kier molecular flexibility index (Phi) is 6.77. The molecule has 7 heteroatoms. The fraction of sp³-hybridized carbons (Fsp3) is 0.200. The van der Waals surface area contributed by atoms with Crippen LogP contribution >= 0.6 is 0 Å². The van der Waals surface area contributed by atoms with E-state index in [9.17, 15) is 14.3 Å². The number of fused-ring (bicyclic) bond motifs is 1. The molecule has 0 radical (unpaired) electrons. The van der Waals surface area contributed by atoms with Gasteiger partial charge in [-0.3, -0.25) is 4.79 Å². The first-order chi connectivity index (χ1) is 15.6. The van der Waals surface area contributed by atoms with E-state index in [2.05, 4.69) is 10.3 Å². The van der Waals surface area contributed by atoms with Crippen LogP contribution in [0.1, 0.15) is 16.2 Å². The fourth-order valence-electron chi connectivity index (χ4n) is 3.49. The average Bonchev–Trinajstić information content (AvgIpc) is 3.16. The van der Waals surface area contributed by atoms with Crippen LogP contribution in [0, 0.1) is 5.82 Å². The van der Waals surface area contributed by atoms with Crippen molar-refractivity contribution in [2.24, 2.45) is 0 Å². The van der Waals surface area contributed by atoms with Crippen LogP contribution in [0.4, 0.5) is 4.39 Å². The summed E-state index contributed by atoms with van der Waals surface area (Å²) >= 11 is 0. The molecule has 1 heterocycles. The topological polar surface area (TPSA) is 76.4 Å². The van der Waals surface area contributed by atoms with Gasteiger partial charge in [0.15, 0.2) is 0 Å². The maximum atomic E-state index is 13.0. The van der Waals surface area contributed by atoms with E-state index in [-0.39, 0.29) is 24.9 Å². The quantitative estimate of drug-likeness (QED) is 0.423. The van der Waals surface area contributed by atoms with Crippen LogP contribution in [0.15, 0.2) is 78.9 Å². The van der Waals surface area contributed by atoms with Gasteiger partial charge in [0.05, 0.1) is 17.6 Å². The third kappa shape index (κ3) is 5.31. The summed E-state index contributed by atoms with van der Waals surface area (Å²) in [6.45, 7) is 0.755. The number of carbonyl (C=O) groups is 1. The second-order valence-corrected chi connectivity index (χ2v) is 7.42. The SMILES string of the molecule is O=C(NCCc1nc2ccccc2n1CC(O)COc1ccc(F)cc1)c1ccccc1. The molecule has 32 heavy (non-hydrogen) atoms. The lowest BCUT2D eigenvalue weighted by atomic mass is 10.2. The maximum absolute atomic E-state index is 13.0. The Morgan fingerprint density at radius 3 is 2.53 bits per heavy atom. The summed E-state index contributed by atoms with van der Waals surface area (Å²) < 4.78 is 20.6. The third-order valence-electron chi connectivity index (χ3n) is 5.05. The molecule has 0 saturated carbocycles. The second-order valence-electron chi connectivity index (χ2n) is 7.42. The van der Waals surface area contributed by atoms with Gasteiger partial charge < -0.3 is 19.7 Å². The number of hydrogen-bond donors (Lipinski definition) is 2. The average molecular weight is 433 g/mol. The molecule has 2 N–H and O–H groups in total. The summed E-state index contributed by atoms with van der Waals surface area (Å²) in [7, 11) is 0. The molecular weight excluding hydrogens is 409 g/mol. The van der Waals surface area contributed by atoms with E-state index in [1.165, 1.54) is 24.3 Å². The van der Waals surface area contributed by atoms with Crippen LogP contribution in [-0.4, -0.2) is 39.8 Å². The molecule has 0 bridgehead atoms. The normalized spacial score (nSPS) is 11.9. The summed E-state index contributed by atoms with van der Waals surface area (Å²) in [6, 6.07) is 22.4. The molecule has 164 valence electrons. The summed E-state index contributed by atoms with van der Waals surface area (Å²) in [4.78, 5) is 17.0. The number of benzene rings is 3. The van der Waals surface area contributed by atoms with Crippen LogP contribution in [0.3, 0.4) is 0 Å². The van der Waals surface area contributed by atoms with Crippen molar-refractivity contribution >= 4 is 16.9 Å². The molecule has 0 aliphatic rings. The number of halogens is 1. The van der Waals surface area contributed by atoms with E-state index < -0.39 is 6.10 Å². The Hall–Kier alpha value is -3.71. The minimum absolute atomic E-state index is 0.0579. The first kappa shape index (κ1) is 21.5. The Labute approximate surface area is 185 Å². The molecule has 1 unspecified atom stereocenters. The maximum Gasteiger partial charge on any atom is 0.251 e. The smallest absolute Gasteiger partial charge is 0.251 e. The standard InChI is InChI=1S/C25H24FN3O3/c26-19-10-12-21(13-11-19)32-17-20(30)16-29-23-9-5-4-8-22(23)28-24(29)14-15-27-25(31)18-6-2-1-3-7-18/h1-13,20,30H,14-17H2,(H,27,31). The Morgan fingerprint density at radius 2 is 1.75 bits per heavy atom. The van der Waals surface area contributed by atoms with Gasteiger partial charge in [-0.25, -0.2) is 9.37 Å². The van der Waals surface area contributed by atoms with Gasteiger partial charge in [-0.2, -0.15) is 0 Å². The highest BCUT2D eigenvalue weighted by atomic mass is 19.1. The molecule has 4 aromatic rings. The van der Waals surface area contributed by atoms with E-state index in [0.29, 0.717) is 24.3 Å². The molecular formula is C25H24FN3O3. The van der Waals surface area contributed by atoms with Crippen LogP contribution in [0.5, 0.6) is 5.75 Å². The molecule has 0 aliphatic heterocycles. The van der Waals surface area contributed by atoms with Gasteiger partial charge in [-0.05, 0) is 48.5 Å². The van der Waals surface area contributed by atoms with Gasteiger partial charge >= 0.3 is 0 Å². The van der Waals surface area contributed by atoms with Crippen molar-refractivity contribution in [3.8, 4) is 5.75 Å². The molecule has 0 spiro atoms. The van der Waals surface area contributed by atoms with Crippen molar-refractivity contribution in [2.75, 3.05) is 13.2 Å². The number of para-hydroxylation sites is 2. The van der Waals surface area contributed by atoms with Gasteiger partial charge in [0, 0.05) is 18.5 Å². The number of aliphatic hydroxyl groups is 1. The van der Waals surface area contributed by atoms with Crippen molar-refractivity contribution < 1.29 is 19.0 Å². The molecule has 1 atom stereocenters. The molecule has 1 amide bonds. The molecule has 6 nitrogen and oxygen atoms in total. The second kappa shape index (κ2) is 10.1. The van der Waals surface area contributed by atoms with Crippen LogP contribution in [0.2, 0.25) is 0 Å². The van der Waals surface area contributed by atoms with E-state index in [1.807, 2.05) is 47.0 Å². The van der Waals surface area contributed by atoms with E-state index in [1.54, 1.807) is 12.1 Å². The number of aromatic nitrogens is 2. The summed E-state index contributed by atoms with van der Waals surface area (Å²) in [5, 5.41) is 13.5. The highest BCUT2D eigenvalue weighted by molar-refractivity contribution is 5.94. The summed E-state index contributed by atoms with van der Waals surface area (Å²) in [6.07, 6.45) is -0.283.